The van der Waals surface area contributed by atoms with Gasteiger partial charge in [-0.15, -0.1) is 0 Å². The van der Waals surface area contributed by atoms with Crippen molar-refractivity contribution in [1.82, 2.24) is 9.88 Å². The molecule has 0 aliphatic heterocycles. The molecule has 7 heteroatoms. The van der Waals surface area contributed by atoms with Crippen molar-refractivity contribution in [2.24, 2.45) is 0 Å². The number of aryl methyl sites for hydroxylation is 1. The van der Waals surface area contributed by atoms with Crippen LogP contribution in [0.1, 0.15) is 19.4 Å². The molecule has 0 saturated carbocycles. The summed E-state index contributed by atoms with van der Waals surface area (Å²) >= 11 is 1.32. The topological polar surface area (TPSA) is 45.7 Å². The molecule has 0 fully saturated rings. The monoisotopic (exact) mass is 415 g/mol. The van der Waals surface area contributed by atoms with Gasteiger partial charge in [-0.05, 0) is 49.8 Å². The lowest BCUT2D eigenvalue weighted by molar-refractivity contribution is -0.120. The molecule has 0 saturated heterocycles. The number of aromatic nitrogens is 1. The van der Waals surface area contributed by atoms with Gasteiger partial charge in [-0.1, -0.05) is 43.4 Å². The number of benzene rings is 2. The average molecular weight is 416 g/mol. The van der Waals surface area contributed by atoms with Gasteiger partial charge in [0.05, 0.1) is 4.70 Å². The van der Waals surface area contributed by atoms with E-state index in [0.29, 0.717) is 29.5 Å². The summed E-state index contributed by atoms with van der Waals surface area (Å²) in [5.74, 6) is 0.0765. The van der Waals surface area contributed by atoms with Crippen LogP contribution in [0.15, 0.2) is 42.5 Å². The molecule has 2 aromatic carbocycles. The van der Waals surface area contributed by atoms with Gasteiger partial charge < -0.3 is 9.64 Å². The Morgan fingerprint density at radius 2 is 1.90 bits per heavy atom. The Morgan fingerprint density at radius 3 is 2.59 bits per heavy atom. The van der Waals surface area contributed by atoms with Crippen LogP contribution in [0.3, 0.4) is 0 Å². The van der Waals surface area contributed by atoms with Gasteiger partial charge in [0.2, 0.25) is 0 Å². The molecule has 1 aromatic heterocycles. The smallest absolute Gasteiger partial charge is 0.266 e. The lowest BCUT2D eigenvalue weighted by Crippen LogP contribution is -2.41. The molecular weight excluding hydrogens is 389 g/mol. The van der Waals surface area contributed by atoms with Crippen LogP contribution in [-0.4, -0.2) is 48.6 Å². The number of anilines is 1. The number of fused-ring (bicyclic) bond motifs is 1. The first-order chi connectivity index (χ1) is 14.0. The summed E-state index contributed by atoms with van der Waals surface area (Å²) in [6.07, 6.45) is 0. The molecule has 0 spiro atoms. The first-order valence-electron chi connectivity index (χ1n) is 9.79. The molecule has 29 heavy (non-hydrogen) atoms. The molecule has 0 radical (unpaired) electrons. The Kier molecular flexibility index (Phi) is 7.17. The van der Waals surface area contributed by atoms with Crippen LogP contribution in [0.5, 0.6) is 5.75 Å². The number of ether oxygens (including phenoxy) is 1. The van der Waals surface area contributed by atoms with E-state index < -0.39 is 0 Å². The molecule has 3 aromatic rings. The number of carbonyl (C=O) groups excluding carboxylic acids is 1. The fraction of sp³-hybridized carbons (Fsp3) is 0.364. The summed E-state index contributed by atoms with van der Waals surface area (Å²) in [5.41, 5.74) is 1.36. The van der Waals surface area contributed by atoms with Crippen LogP contribution in [0.2, 0.25) is 0 Å². The number of halogens is 1. The summed E-state index contributed by atoms with van der Waals surface area (Å²) in [6, 6.07) is 12.4. The highest BCUT2D eigenvalue weighted by Gasteiger charge is 2.22. The van der Waals surface area contributed by atoms with E-state index in [2.05, 4.69) is 23.7 Å². The minimum absolute atomic E-state index is 0.0971. The maximum absolute atomic E-state index is 14.1. The summed E-state index contributed by atoms with van der Waals surface area (Å²) in [4.78, 5) is 21.3. The molecule has 0 unspecified atom stereocenters. The first-order valence-corrected chi connectivity index (χ1v) is 10.6. The molecule has 0 N–H and O–H groups in total. The quantitative estimate of drug-likeness (QED) is 0.516. The van der Waals surface area contributed by atoms with E-state index in [4.69, 9.17) is 4.74 Å². The predicted molar refractivity (Wildman–Crippen MR) is 116 cm³/mol. The average Bonchev–Trinajstić information content (AvgIpc) is 3.15. The van der Waals surface area contributed by atoms with Gasteiger partial charge in [-0.2, -0.15) is 0 Å². The number of hydrogen-bond donors (Lipinski definition) is 0. The summed E-state index contributed by atoms with van der Waals surface area (Å²) in [6.45, 7) is 9.02. The van der Waals surface area contributed by atoms with Gasteiger partial charge in [-0.3, -0.25) is 9.69 Å². The minimum Gasteiger partial charge on any atom is -0.484 e. The van der Waals surface area contributed by atoms with Crippen molar-refractivity contribution < 1.29 is 13.9 Å². The third kappa shape index (κ3) is 5.31. The second-order valence-corrected chi connectivity index (χ2v) is 7.77. The SMILES string of the molecule is CCN(CC)CCN(C(=O)COc1cccc(C)c1)c1nc2c(F)cccc2s1. The minimum atomic E-state index is -0.378. The Labute approximate surface area is 174 Å². The molecular formula is C22H26FN3O2S. The Bertz CT molecular complexity index is 972. The van der Waals surface area contributed by atoms with Crippen molar-refractivity contribution in [2.75, 3.05) is 37.7 Å². The molecule has 3 rings (SSSR count). The van der Waals surface area contributed by atoms with Crippen LogP contribution < -0.4 is 9.64 Å². The van der Waals surface area contributed by atoms with Gasteiger partial charge in [0.1, 0.15) is 17.1 Å². The molecule has 0 aliphatic carbocycles. The number of nitrogens with zero attached hydrogens (tertiary/aromatic N) is 3. The van der Waals surface area contributed by atoms with Crippen molar-refractivity contribution in [1.29, 1.82) is 0 Å². The second kappa shape index (κ2) is 9.80. The fourth-order valence-corrected chi connectivity index (χ4v) is 4.08. The zero-order chi connectivity index (χ0) is 20.8. The summed E-state index contributed by atoms with van der Waals surface area (Å²) in [7, 11) is 0. The Balaban J connectivity index is 1.81. The predicted octanol–water partition coefficient (Wildman–Crippen LogP) is 4.50. The fourth-order valence-electron chi connectivity index (χ4n) is 3.06. The van der Waals surface area contributed by atoms with Gasteiger partial charge in [0.25, 0.3) is 5.91 Å². The van der Waals surface area contributed by atoms with Crippen LogP contribution in [0.4, 0.5) is 9.52 Å². The molecule has 154 valence electrons. The van der Waals surface area contributed by atoms with Crippen LogP contribution in [0.25, 0.3) is 10.2 Å². The van der Waals surface area contributed by atoms with Crippen LogP contribution in [-0.2, 0) is 4.79 Å². The second-order valence-electron chi connectivity index (χ2n) is 6.76. The third-order valence-electron chi connectivity index (χ3n) is 4.78. The van der Waals surface area contributed by atoms with Crippen molar-refractivity contribution in [3.63, 3.8) is 0 Å². The van der Waals surface area contributed by atoms with Gasteiger partial charge >= 0.3 is 0 Å². The lowest BCUT2D eigenvalue weighted by atomic mass is 10.2. The molecule has 1 amide bonds. The van der Waals surface area contributed by atoms with Crippen molar-refractivity contribution in [3.05, 3.63) is 53.8 Å². The van der Waals surface area contributed by atoms with Crippen molar-refractivity contribution in [3.8, 4) is 5.75 Å². The third-order valence-corrected chi connectivity index (χ3v) is 5.82. The van der Waals surface area contributed by atoms with Crippen LogP contribution >= 0.6 is 11.3 Å². The largest absolute Gasteiger partial charge is 0.484 e. The van der Waals surface area contributed by atoms with E-state index in [-0.39, 0.29) is 18.3 Å². The number of para-hydroxylation sites is 1. The summed E-state index contributed by atoms with van der Waals surface area (Å²) in [5, 5.41) is 0.495. The maximum atomic E-state index is 14.1. The number of amides is 1. The zero-order valence-electron chi connectivity index (χ0n) is 17.0. The Hall–Kier alpha value is -2.51. The van der Waals surface area contributed by atoms with Crippen LogP contribution in [0, 0.1) is 12.7 Å². The van der Waals surface area contributed by atoms with Crippen molar-refractivity contribution in [2.45, 2.75) is 20.8 Å². The van der Waals surface area contributed by atoms with Gasteiger partial charge in [0, 0.05) is 13.1 Å². The van der Waals surface area contributed by atoms with Gasteiger partial charge in [0.15, 0.2) is 11.7 Å². The molecule has 0 aliphatic rings. The first kappa shape index (κ1) is 21.2. The number of carbonyl (C=O) groups is 1. The van der Waals surface area contributed by atoms with E-state index in [9.17, 15) is 9.18 Å². The normalized spacial score (nSPS) is 11.2. The van der Waals surface area contributed by atoms with Crippen molar-refractivity contribution >= 4 is 32.6 Å². The number of hydrogen-bond acceptors (Lipinski definition) is 5. The summed E-state index contributed by atoms with van der Waals surface area (Å²) < 4.78 is 20.5. The maximum Gasteiger partial charge on any atom is 0.266 e. The van der Waals surface area contributed by atoms with E-state index in [1.807, 2.05) is 37.3 Å². The molecule has 5 nitrogen and oxygen atoms in total. The highest BCUT2D eigenvalue weighted by molar-refractivity contribution is 7.22. The molecule has 0 bridgehead atoms. The highest BCUT2D eigenvalue weighted by Crippen LogP contribution is 2.30. The molecule has 0 atom stereocenters. The lowest BCUT2D eigenvalue weighted by Gasteiger charge is -2.24. The number of rotatable bonds is 9. The van der Waals surface area contributed by atoms with E-state index in [0.717, 1.165) is 23.4 Å². The van der Waals surface area contributed by atoms with Gasteiger partial charge in [-0.25, -0.2) is 9.37 Å². The van der Waals surface area contributed by atoms with E-state index >= 15 is 0 Å². The molecule has 1 heterocycles. The standard InChI is InChI=1S/C22H26FN3O2S/c1-4-25(5-2)12-13-26(20(27)15-28-17-9-6-8-16(3)14-17)22-24-21-18(23)10-7-11-19(21)29-22/h6-11,14H,4-5,12-13,15H2,1-3H3. The zero-order valence-corrected chi connectivity index (χ0v) is 17.8. The highest BCUT2D eigenvalue weighted by atomic mass is 32.1. The number of likely N-dealkylation sites (N-methyl/N-ethyl adjacent to an activating group) is 1. The number of thiazole rings is 1. The Morgan fingerprint density at radius 1 is 1.14 bits per heavy atom. The van der Waals surface area contributed by atoms with E-state index in [1.54, 1.807) is 11.0 Å². The van der Waals surface area contributed by atoms with E-state index in [1.165, 1.54) is 17.4 Å².